The van der Waals surface area contributed by atoms with E-state index in [1.54, 1.807) is 13.0 Å². The molecular weight excluding hydrogens is 676 g/mol. The van der Waals surface area contributed by atoms with Crippen molar-refractivity contribution in [2.24, 2.45) is 0 Å². The van der Waals surface area contributed by atoms with E-state index >= 15 is 0 Å². The van der Waals surface area contributed by atoms with Gasteiger partial charge in [-0.05, 0) is 12.1 Å². The van der Waals surface area contributed by atoms with Gasteiger partial charge in [-0.25, -0.2) is 43.0 Å². The molecule has 4 aromatic carbocycles. The first-order chi connectivity index (χ1) is 22.9. The summed E-state index contributed by atoms with van der Waals surface area (Å²) in [5, 5.41) is 2.74. The molecule has 0 saturated heterocycles. The normalized spacial score (nSPS) is 12.1. The molecule has 7 aromatic rings. The Labute approximate surface area is 283 Å². The summed E-state index contributed by atoms with van der Waals surface area (Å²) in [4.78, 5) is 36.3. The Morgan fingerprint density at radius 2 is 1.00 bits per heavy atom. The molecule has 14 heteroatoms. The van der Waals surface area contributed by atoms with E-state index in [0.717, 1.165) is 33.0 Å². The standard InChI is InChI=1S/C34H24N10O2S.Cu/c1-2-36-47(45,46)24-16-15-23-25(26(24)35)34-43-32-22-14-8-7-13-21(22)30(41-32)39-28-18-10-4-3-9-17(18)27(37-28)38-29-19-11-5-6-12-20(19)31(40-29)42-33(23)44-34;/h3-16,36H,2,35H2,1H3,(H2,37,38,39,40,41,42,43,44);/q;+1. The maximum atomic E-state index is 13.1. The van der Waals surface area contributed by atoms with E-state index in [-0.39, 0.29) is 34.2 Å². The summed E-state index contributed by atoms with van der Waals surface area (Å²) in [6.07, 6.45) is 0. The number of nitrogens with zero attached hydrogens (tertiary/aromatic N) is 6. The van der Waals surface area contributed by atoms with Crippen molar-refractivity contribution in [2.75, 3.05) is 12.3 Å². The molecule has 0 amide bonds. The number of hydrogen-bond donors (Lipinski definition) is 4. The van der Waals surface area contributed by atoms with E-state index in [1.807, 2.05) is 72.8 Å². The monoisotopic (exact) mass is 699 g/mol. The van der Waals surface area contributed by atoms with Crippen molar-refractivity contribution in [2.45, 2.75) is 11.8 Å². The molecule has 0 atom stereocenters. The van der Waals surface area contributed by atoms with Gasteiger partial charge in [0.1, 0.15) is 27.5 Å². The molecule has 5 N–H and O–H groups in total. The number of H-pyrrole nitrogens is 2. The number of fused-ring (bicyclic) bond motifs is 20. The van der Waals surface area contributed by atoms with Crippen LogP contribution in [-0.2, 0) is 27.1 Å². The first kappa shape index (κ1) is 29.8. The van der Waals surface area contributed by atoms with Gasteiger partial charge in [0.25, 0.3) is 0 Å². The summed E-state index contributed by atoms with van der Waals surface area (Å²) >= 11 is 0. The fourth-order valence-electron chi connectivity index (χ4n) is 6.24. The summed E-state index contributed by atoms with van der Waals surface area (Å²) in [7, 11) is -3.89. The molecule has 238 valence electrons. The Balaban J connectivity index is 0.00000336. The molecule has 0 spiro atoms. The minimum Gasteiger partial charge on any atom is -0.397 e. The number of aromatic amines is 2. The fourth-order valence-corrected chi connectivity index (χ4v) is 7.41. The van der Waals surface area contributed by atoms with Crippen molar-refractivity contribution in [3.8, 4) is 45.6 Å². The Hall–Kier alpha value is -5.53. The molecule has 2 aliphatic heterocycles. The Kier molecular flexibility index (Phi) is 6.86. The van der Waals surface area contributed by atoms with Gasteiger partial charge < -0.3 is 15.7 Å². The number of nitrogens with two attached hydrogens (primary N) is 1. The summed E-state index contributed by atoms with van der Waals surface area (Å²) in [5.74, 6) is 1.78. The molecule has 12 nitrogen and oxygen atoms in total. The zero-order chi connectivity index (χ0) is 31.9. The third-order valence-electron chi connectivity index (χ3n) is 8.34. The number of nitrogen functional groups attached to an aromatic ring is 1. The van der Waals surface area contributed by atoms with E-state index in [2.05, 4.69) is 14.7 Å². The van der Waals surface area contributed by atoms with Crippen LogP contribution in [0.15, 0.2) is 89.8 Å². The van der Waals surface area contributed by atoms with Crippen LogP contribution >= 0.6 is 0 Å². The zero-order valence-electron chi connectivity index (χ0n) is 25.1. The number of nitrogens with one attached hydrogen (secondary N) is 3. The van der Waals surface area contributed by atoms with Gasteiger partial charge in [0.2, 0.25) is 10.0 Å². The molecule has 0 radical (unpaired) electrons. The molecule has 48 heavy (non-hydrogen) atoms. The van der Waals surface area contributed by atoms with Crippen LogP contribution in [0.5, 0.6) is 0 Å². The van der Waals surface area contributed by atoms with Gasteiger partial charge in [-0.1, -0.05) is 79.7 Å². The first-order valence-corrected chi connectivity index (χ1v) is 16.4. The molecule has 3 aromatic heterocycles. The van der Waals surface area contributed by atoms with Crippen molar-refractivity contribution in [1.82, 2.24) is 44.6 Å². The largest absolute Gasteiger partial charge is 1.00 e. The van der Waals surface area contributed by atoms with Crippen LogP contribution in [0.4, 0.5) is 5.69 Å². The average Bonchev–Trinajstić information content (AvgIpc) is 3.80. The van der Waals surface area contributed by atoms with Crippen LogP contribution in [0, 0.1) is 0 Å². The fraction of sp³-hybridized carbons (Fsp3) is 0.0588. The molecular formula is C34H24CuN10O2S+. The van der Waals surface area contributed by atoms with E-state index < -0.39 is 10.0 Å². The third-order valence-corrected chi connectivity index (χ3v) is 9.95. The number of aromatic nitrogens is 8. The Bertz CT molecular complexity index is 2750. The quantitative estimate of drug-likeness (QED) is 0.132. The van der Waals surface area contributed by atoms with Gasteiger partial charge >= 0.3 is 17.1 Å². The van der Waals surface area contributed by atoms with Gasteiger partial charge in [-0.15, -0.1) is 0 Å². The maximum absolute atomic E-state index is 13.1. The van der Waals surface area contributed by atoms with Gasteiger partial charge in [-0.3, -0.25) is 0 Å². The van der Waals surface area contributed by atoms with Gasteiger partial charge in [0.15, 0.2) is 23.3 Å². The van der Waals surface area contributed by atoms with E-state index in [4.69, 9.17) is 35.6 Å². The molecule has 0 fully saturated rings. The predicted octanol–water partition coefficient (Wildman–Crippen LogP) is 5.75. The van der Waals surface area contributed by atoms with Gasteiger partial charge in [0, 0.05) is 45.0 Å². The first-order valence-electron chi connectivity index (χ1n) is 14.9. The molecule has 5 heterocycles. The summed E-state index contributed by atoms with van der Waals surface area (Å²) in [6.45, 7) is 1.92. The van der Waals surface area contributed by atoms with Crippen molar-refractivity contribution >= 4 is 59.8 Å². The molecule has 0 saturated carbocycles. The molecule has 2 aliphatic rings. The molecule has 9 rings (SSSR count). The van der Waals surface area contributed by atoms with Crippen molar-refractivity contribution < 1.29 is 25.5 Å². The smallest absolute Gasteiger partial charge is 0.397 e. The number of hydrogen-bond acceptors (Lipinski definition) is 9. The van der Waals surface area contributed by atoms with Gasteiger partial charge in [-0.2, -0.15) is 0 Å². The minimum atomic E-state index is -3.89. The Morgan fingerprint density at radius 3 is 1.48 bits per heavy atom. The molecule has 8 bridgehead atoms. The number of rotatable bonds is 3. The van der Waals surface area contributed by atoms with E-state index in [0.29, 0.717) is 56.7 Å². The number of anilines is 1. The number of benzene rings is 4. The average molecular weight is 700 g/mol. The summed E-state index contributed by atoms with van der Waals surface area (Å²) in [5.41, 5.74) is 11.8. The topological polar surface area (TPSA) is 181 Å². The maximum Gasteiger partial charge on any atom is 1.00 e. The van der Waals surface area contributed by atoms with E-state index in [1.165, 1.54) is 6.07 Å². The summed E-state index contributed by atoms with van der Waals surface area (Å²) < 4.78 is 28.8. The van der Waals surface area contributed by atoms with Gasteiger partial charge in [0.05, 0.1) is 11.1 Å². The number of sulfonamides is 1. The third kappa shape index (κ3) is 4.49. The second kappa shape index (κ2) is 11.0. The van der Waals surface area contributed by atoms with Crippen molar-refractivity contribution in [3.63, 3.8) is 0 Å². The van der Waals surface area contributed by atoms with E-state index in [9.17, 15) is 8.42 Å². The summed E-state index contributed by atoms with van der Waals surface area (Å²) in [6, 6.07) is 26.5. The molecule has 0 aliphatic carbocycles. The second-order valence-electron chi connectivity index (χ2n) is 11.1. The SMILES string of the molecule is CCNS(=O)(=O)c1ccc2c3nc4nc(nc5[nH]c(nc6nc(nc([nH]3)c2c1N)-c1ccccc1-6)c1ccccc51)-c1ccccc1-4.[Cu+]. The predicted molar refractivity (Wildman–Crippen MR) is 181 cm³/mol. The van der Waals surface area contributed by atoms with Crippen LogP contribution in [0.25, 0.3) is 89.7 Å². The second-order valence-corrected chi connectivity index (χ2v) is 12.9. The van der Waals surface area contributed by atoms with Crippen molar-refractivity contribution in [3.05, 3.63) is 84.9 Å². The van der Waals surface area contributed by atoms with Crippen molar-refractivity contribution in [1.29, 1.82) is 0 Å². The van der Waals surface area contributed by atoms with Crippen LogP contribution in [0.1, 0.15) is 6.92 Å². The van der Waals surface area contributed by atoms with Crippen LogP contribution in [0.3, 0.4) is 0 Å². The van der Waals surface area contributed by atoms with Crippen LogP contribution in [0.2, 0.25) is 0 Å². The Morgan fingerprint density at radius 1 is 0.583 bits per heavy atom. The molecule has 0 unspecified atom stereocenters. The zero-order valence-corrected chi connectivity index (χ0v) is 26.8. The minimum absolute atomic E-state index is 0. The van der Waals surface area contributed by atoms with Crippen LogP contribution < -0.4 is 10.5 Å². The van der Waals surface area contributed by atoms with Crippen LogP contribution in [-0.4, -0.2) is 54.8 Å².